The summed E-state index contributed by atoms with van der Waals surface area (Å²) in [5, 5.41) is 2.56. The molecule has 202 valence electrons. The van der Waals surface area contributed by atoms with Crippen LogP contribution in [-0.4, -0.2) is 72.3 Å². The monoisotopic (exact) mass is 531 g/mol. The zero-order valence-electron chi connectivity index (χ0n) is 21.0. The van der Waals surface area contributed by atoms with Gasteiger partial charge in [0.15, 0.2) is 12.1 Å². The van der Waals surface area contributed by atoms with Gasteiger partial charge >= 0.3 is 25.8 Å². The summed E-state index contributed by atoms with van der Waals surface area (Å²) in [7, 11) is -4.14. The second-order valence-corrected chi connectivity index (χ2v) is 11.1. The Morgan fingerprint density at radius 2 is 1.89 bits per heavy atom. The zero-order valence-corrected chi connectivity index (χ0v) is 21.9. The minimum absolute atomic E-state index is 0.175. The number of hydrogen-bond donors (Lipinski definition) is 2. The van der Waals surface area contributed by atoms with Crippen LogP contribution in [0.3, 0.4) is 0 Å². The van der Waals surface area contributed by atoms with Crippen molar-refractivity contribution in [3.05, 3.63) is 24.6 Å². The van der Waals surface area contributed by atoms with Crippen molar-refractivity contribution < 1.29 is 46.7 Å². The minimum atomic E-state index is -4.14. The van der Waals surface area contributed by atoms with Crippen LogP contribution in [0.25, 0.3) is 0 Å². The van der Waals surface area contributed by atoms with E-state index in [-0.39, 0.29) is 19.6 Å². The molecule has 36 heavy (non-hydrogen) atoms. The summed E-state index contributed by atoms with van der Waals surface area (Å²) < 4.78 is 45.8. The van der Waals surface area contributed by atoms with E-state index in [0.717, 1.165) is 0 Å². The Kier molecular flexibility index (Phi) is 8.64. The molecule has 0 saturated carbocycles. The summed E-state index contributed by atoms with van der Waals surface area (Å²) in [5.74, 6) is -2.84. The van der Waals surface area contributed by atoms with Gasteiger partial charge in [0.25, 0.3) is 0 Å². The normalized spacial score (nSPS) is 32.1. The molecule has 0 aromatic rings. The van der Waals surface area contributed by atoms with E-state index in [1.807, 2.05) is 0 Å². The fourth-order valence-corrected chi connectivity index (χ4v) is 5.41. The number of allylic oxidation sites excluding steroid dienone is 1. The Morgan fingerprint density at radius 3 is 2.44 bits per heavy atom. The maximum atomic E-state index is 13.2. The van der Waals surface area contributed by atoms with Gasteiger partial charge in [-0.3, -0.25) is 28.1 Å². The lowest BCUT2D eigenvalue weighted by molar-refractivity contribution is -0.167. The summed E-state index contributed by atoms with van der Waals surface area (Å²) in [6.07, 6.45) is -0.618. The van der Waals surface area contributed by atoms with Gasteiger partial charge in [-0.05, 0) is 47.1 Å². The number of hydrogen-bond acceptors (Lipinski definition) is 11. The molecule has 2 fully saturated rings. The van der Waals surface area contributed by atoms with Crippen molar-refractivity contribution in [3.63, 3.8) is 0 Å². The van der Waals surface area contributed by atoms with E-state index in [9.17, 15) is 18.9 Å². The van der Waals surface area contributed by atoms with Crippen molar-refractivity contribution in [2.75, 3.05) is 13.2 Å². The van der Waals surface area contributed by atoms with Crippen LogP contribution < -0.4 is 11.1 Å². The first-order valence-corrected chi connectivity index (χ1v) is 13.1. The molecule has 0 aliphatic carbocycles. The fourth-order valence-electron chi connectivity index (χ4n) is 3.91. The first-order valence-electron chi connectivity index (χ1n) is 11.6. The third-order valence-electron chi connectivity index (χ3n) is 5.55. The molecule has 3 rings (SSSR count). The van der Waals surface area contributed by atoms with Gasteiger partial charge in [-0.15, -0.1) is 0 Å². The maximum Gasteiger partial charge on any atom is 0.475 e. The van der Waals surface area contributed by atoms with Crippen molar-refractivity contribution >= 4 is 25.8 Å². The van der Waals surface area contributed by atoms with Gasteiger partial charge in [-0.1, -0.05) is 6.58 Å². The topological polar surface area (TPSA) is 165 Å². The number of urea groups is 1. The molecule has 3 heterocycles. The number of fused-ring (bicyclic) bond motifs is 1. The Labute approximate surface area is 209 Å². The van der Waals surface area contributed by atoms with Crippen LogP contribution >= 0.6 is 7.82 Å². The number of rotatable bonds is 9. The van der Waals surface area contributed by atoms with Gasteiger partial charge in [0.1, 0.15) is 12.2 Å². The van der Waals surface area contributed by atoms with E-state index in [1.165, 1.54) is 11.1 Å². The highest BCUT2D eigenvalue weighted by molar-refractivity contribution is 7.48. The molecule has 5 atom stereocenters. The standard InChI is InChI=1S/C22H34N3O10P/c1-12(2)32-18(26)15(19(27)33-13(3)4)8-10-30-36(29)31-11-16-17(35-36)22(6,23)20(34-16)25-9-7-14(5)24-21(25)28/h7,9,12-13,15-17,20H,5,8,10-11,23H2,1-4,6H3,(H,24,28)/t16-,17-,20-,22-,36+/m1/s1. The number of nitrogens with zero attached hydrogens (tertiary/aromatic N) is 1. The molecule has 0 spiro atoms. The third-order valence-corrected chi connectivity index (χ3v) is 7.00. The average molecular weight is 531 g/mol. The molecular formula is C22H34N3O10P. The van der Waals surface area contributed by atoms with Crippen LogP contribution in [0, 0.1) is 5.92 Å². The lowest BCUT2D eigenvalue weighted by atomic mass is 9.93. The number of carbonyl (C=O) groups is 3. The summed E-state index contributed by atoms with van der Waals surface area (Å²) in [4.78, 5) is 38.5. The molecule has 0 bridgehead atoms. The van der Waals surface area contributed by atoms with Gasteiger partial charge in [0.05, 0.1) is 31.0 Å². The van der Waals surface area contributed by atoms with E-state index in [0.29, 0.717) is 5.70 Å². The quantitative estimate of drug-likeness (QED) is 0.254. The van der Waals surface area contributed by atoms with Gasteiger partial charge in [0.2, 0.25) is 0 Å². The highest BCUT2D eigenvalue weighted by Crippen LogP contribution is 2.57. The van der Waals surface area contributed by atoms with E-state index in [1.54, 1.807) is 40.7 Å². The third kappa shape index (κ3) is 6.34. The Morgan fingerprint density at radius 1 is 1.28 bits per heavy atom. The van der Waals surface area contributed by atoms with Crippen LogP contribution in [0.4, 0.5) is 4.79 Å². The molecule has 0 aromatic carbocycles. The van der Waals surface area contributed by atoms with Crippen molar-refractivity contribution in [1.29, 1.82) is 0 Å². The van der Waals surface area contributed by atoms with Gasteiger partial charge < -0.3 is 25.3 Å². The predicted octanol–water partition coefficient (Wildman–Crippen LogP) is 1.93. The number of esters is 2. The summed E-state index contributed by atoms with van der Waals surface area (Å²) >= 11 is 0. The summed E-state index contributed by atoms with van der Waals surface area (Å²) in [6.45, 7) is 11.4. The summed E-state index contributed by atoms with van der Waals surface area (Å²) in [6, 6.07) is -0.490. The molecular weight excluding hydrogens is 497 g/mol. The van der Waals surface area contributed by atoms with Crippen LogP contribution in [0.1, 0.15) is 41.0 Å². The van der Waals surface area contributed by atoms with Crippen molar-refractivity contribution in [1.82, 2.24) is 10.2 Å². The Hall–Kier alpha value is -2.28. The Bertz CT molecular complexity index is 944. The number of nitrogens with one attached hydrogen (secondary N) is 1. The molecule has 0 aromatic heterocycles. The van der Waals surface area contributed by atoms with Crippen molar-refractivity contribution in [3.8, 4) is 0 Å². The first kappa shape index (κ1) is 28.3. The molecule has 2 saturated heterocycles. The van der Waals surface area contributed by atoms with Gasteiger partial charge in [-0.25, -0.2) is 9.36 Å². The van der Waals surface area contributed by atoms with Crippen molar-refractivity contribution in [2.45, 2.75) is 77.2 Å². The predicted molar refractivity (Wildman–Crippen MR) is 125 cm³/mol. The second kappa shape index (κ2) is 11.0. The highest BCUT2D eigenvalue weighted by atomic mass is 31.2. The minimum Gasteiger partial charge on any atom is -0.462 e. The second-order valence-electron chi connectivity index (χ2n) is 9.49. The molecule has 0 radical (unpaired) electrons. The van der Waals surface area contributed by atoms with Crippen molar-refractivity contribution in [2.24, 2.45) is 11.7 Å². The van der Waals surface area contributed by atoms with Crippen LogP contribution in [0.5, 0.6) is 0 Å². The van der Waals surface area contributed by atoms with Gasteiger partial charge in [-0.2, -0.15) is 0 Å². The van der Waals surface area contributed by atoms with E-state index in [4.69, 9.17) is 33.5 Å². The number of amides is 2. The zero-order chi connectivity index (χ0) is 26.8. The highest BCUT2D eigenvalue weighted by Gasteiger charge is 2.60. The van der Waals surface area contributed by atoms with E-state index < -0.39 is 67.9 Å². The molecule has 14 heteroatoms. The SMILES string of the molecule is C=C1C=CN([C@@H]2O[C@@H]3CO[P@](=O)(OCCC(C(=O)OC(C)C)C(=O)OC(C)C)O[C@H]3[C@@]2(C)N)C(=O)N1. The van der Waals surface area contributed by atoms with E-state index >= 15 is 0 Å². The fraction of sp³-hybridized carbons (Fsp3) is 0.682. The Balaban J connectivity index is 1.65. The van der Waals surface area contributed by atoms with Gasteiger partial charge in [0, 0.05) is 11.9 Å². The number of carbonyl (C=O) groups excluding carboxylic acids is 3. The van der Waals surface area contributed by atoms with Crippen LogP contribution in [0.2, 0.25) is 0 Å². The molecule has 13 nitrogen and oxygen atoms in total. The largest absolute Gasteiger partial charge is 0.475 e. The maximum absolute atomic E-state index is 13.2. The first-order chi connectivity index (χ1) is 16.7. The molecule has 3 aliphatic rings. The smallest absolute Gasteiger partial charge is 0.462 e. The van der Waals surface area contributed by atoms with E-state index in [2.05, 4.69) is 11.9 Å². The van der Waals surface area contributed by atoms with Crippen LogP contribution in [0.15, 0.2) is 24.6 Å². The lowest BCUT2D eigenvalue weighted by Gasteiger charge is -2.38. The number of phosphoric acid groups is 1. The lowest BCUT2D eigenvalue weighted by Crippen LogP contribution is -2.61. The number of ether oxygens (including phenoxy) is 3. The average Bonchev–Trinajstić information content (AvgIpc) is 3.00. The molecule has 2 amide bonds. The molecule has 3 N–H and O–H groups in total. The molecule has 3 aliphatic heterocycles. The number of nitrogens with two attached hydrogens (primary N) is 1. The summed E-state index contributed by atoms with van der Waals surface area (Å²) in [5.41, 5.74) is 5.61. The molecule has 0 unspecified atom stereocenters. The van der Waals surface area contributed by atoms with Crippen LogP contribution in [-0.2, 0) is 41.9 Å². The number of phosphoric ester groups is 1.